The fourth-order valence-electron chi connectivity index (χ4n) is 5.62. The number of aromatic amines is 1. The Kier molecular flexibility index (Phi) is 5.19. The molecule has 0 spiro atoms. The molecule has 3 aliphatic carbocycles. The fraction of sp³-hybridized carbons (Fsp3) is 0.308. The van der Waals surface area contributed by atoms with Gasteiger partial charge in [0.05, 0.1) is 17.5 Å². The van der Waals surface area contributed by atoms with Crippen molar-refractivity contribution >= 4 is 28.6 Å². The largest absolute Gasteiger partial charge is 0.365 e. The highest BCUT2D eigenvalue weighted by Crippen LogP contribution is 2.44. The summed E-state index contributed by atoms with van der Waals surface area (Å²) in [7, 11) is 0. The summed E-state index contributed by atoms with van der Waals surface area (Å²) in [5.41, 5.74) is 2.95. The van der Waals surface area contributed by atoms with Crippen molar-refractivity contribution in [3.8, 4) is 28.5 Å². The second-order valence-corrected chi connectivity index (χ2v) is 9.60. The third-order valence-corrected chi connectivity index (χ3v) is 7.47. The molecule has 3 saturated carbocycles. The Morgan fingerprint density at radius 3 is 2.62 bits per heavy atom. The maximum atomic E-state index is 16.1. The van der Waals surface area contributed by atoms with Crippen LogP contribution >= 0.6 is 11.6 Å². The summed E-state index contributed by atoms with van der Waals surface area (Å²) in [6, 6.07) is 11.5. The number of nitriles is 1. The molecule has 6 nitrogen and oxygen atoms in total. The summed E-state index contributed by atoms with van der Waals surface area (Å²) in [6.07, 6.45) is 9.00. The zero-order valence-corrected chi connectivity index (χ0v) is 19.1. The van der Waals surface area contributed by atoms with Crippen molar-refractivity contribution < 1.29 is 4.39 Å². The Labute approximate surface area is 201 Å². The summed E-state index contributed by atoms with van der Waals surface area (Å²) in [5, 5.41) is 13.8. The summed E-state index contributed by atoms with van der Waals surface area (Å²) in [4.78, 5) is 16.4. The molecule has 1 unspecified atom stereocenters. The predicted octanol–water partition coefficient (Wildman–Crippen LogP) is 6.34. The molecule has 3 fully saturated rings. The SMILES string of the molecule is N#Cc1c(-c2c[nH]c3ncc(Cl)nc23)nc(NC2CC3CCC2CC3)c(F)c1-c1ccccc1. The average molecular weight is 473 g/mol. The Bertz CT molecular complexity index is 1420. The van der Waals surface area contributed by atoms with Crippen LogP contribution in [0.5, 0.6) is 0 Å². The Morgan fingerprint density at radius 2 is 1.91 bits per heavy atom. The van der Waals surface area contributed by atoms with E-state index in [0.717, 1.165) is 19.3 Å². The van der Waals surface area contributed by atoms with Gasteiger partial charge in [-0.1, -0.05) is 54.8 Å². The van der Waals surface area contributed by atoms with Crippen LogP contribution in [-0.2, 0) is 0 Å². The molecule has 1 atom stereocenters. The van der Waals surface area contributed by atoms with Crippen LogP contribution in [0.3, 0.4) is 0 Å². The number of pyridine rings is 1. The van der Waals surface area contributed by atoms with Crippen LogP contribution in [0.4, 0.5) is 10.2 Å². The van der Waals surface area contributed by atoms with Gasteiger partial charge in [-0.3, -0.25) is 0 Å². The van der Waals surface area contributed by atoms with E-state index in [2.05, 4.69) is 31.3 Å². The smallest absolute Gasteiger partial charge is 0.174 e. The number of rotatable bonds is 4. The second kappa shape index (κ2) is 8.37. The molecule has 0 radical (unpaired) electrons. The fourth-order valence-corrected chi connectivity index (χ4v) is 5.75. The van der Waals surface area contributed by atoms with Crippen molar-refractivity contribution in [2.24, 2.45) is 11.8 Å². The lowest BCUT2D eigenvalue weighted by Crippen LogP contribution is -2.40. The molecule has 2 N–H and O–H groups in total. The standard InChI is InChI=1S/C26H22ClFN6/c27-20-13-31-26-24(33-20)18(12-30-26)23-17(11-29)21(16-4-2-1-3-5-16)22(28)25(34-23)32-19-10-14-6-8-15(19)9-7-14/h1-5,12-15,19H,6-10H2,(H,30,31)(H,32,34). The van der Waals surface area contributed by atoms with Gasteiger partial charge in [-0.05, 0) is 36.7 Å². The van der Waals surface area contributed by atoms with Crippen LogP contribution in [0.15, 0.2) is 42.7 Å². The van der Waals surface area contributed by atoms with Gasteiger partial charge in [0.2, 0.25) is 0 Å². The van der Waals surface area contributed by atoms with Crippen LogP contribution in [0.2, 0.25) is 5.15 Å². The van der Waals surface area contributed by atoms with E-state index in [9.17, 15) is 5.26 Å². The number of fused-ring (bicyclic) bond motifs is 4. The number of aromatic nitrogens is 4. The van der Waals surface area contributed by atoms with Gasteiger partial charge < -0.3 is 10.3 Å². The van der Waals surface area contributed by atoms with E-state index >= 15 is 4.39 Å². The van der Waals surface area contributed by atoms with E-state index in [-0.39, 0.29) is 28.1 Å². The zero-order chi connectivity index (χ0) is 23.2. The zero-order valence-electron chi connectivity index (χ0n) is 18.4. The van der Waals surface area contributed by atoms with Crippen LogP contribution in [-0.4, -0.2) is 26.0 Å². The van der Waals surface area contributed by atoms with E-state index in [1.54, 1.807) is 18.3 Å². The van der Waals surface area contributed by atoms with E-state index in [1.165, 1.54) is 19.0 Å². The number of hydrogen-bond acceptors (Lipinski definition) is 5. The number of nitrogens with zero attached hydrogens (tertiary/aromatic N) is 4. The summed E-state index contributed by atoms with van der Waals surface area (Å²) in [5.74, 6) is 0.873. The Balaban J connectivity index is 1.56. The van der Waals surface area contributed by atoms with Gasteiger partial charge in [-0.2, -0.15) is 5.26 Å². The molecule has 7 rings (SSSR count). The van der Waals surface area contributed by atoms with Crippen LogP contribution < -0.4 is 5.32 Å². The highest BCUT2D eigenvalue weighted by Gasteiger charge is 2.36. The molecular formula is C26H22ClFN6. The minimum atomic E-state index is -0.503. The molecule has 8 heteroatoms. The van der Waals surface area contributed by atoms with Gasteiger partial charge in [-0.15, -0.1) is 0 Å². The molecule has 3 aliphatic rings. The van der Waals surface area contributed by atoms with Gasteiger partial charge in [0.25, 0.3) is 0 Å². The topological polar surface area (TPSA) is 90.3 Å². The van der Waals surface area contributed by atoms with E-state index in [4.69, 9.17) is 11.6 Å². The van der Waals surface area contributed by atoms with E-state index < -0.39 is 5.82 Å². The summed E-state index contributed by atoms with van der Waals surface area (Å²) in [6.45, 7) is 0. The normalized spacial score (nSPS) is 21.5. The molecule has 0 amide bonds. The van der Waals surface area contributed by atoms with Gasteiger partial charge >= 0.3 is 0 Å². The molecule has 3 aromatic heterocycles. The number of nitrogens with one attached hydrogen (secondary N) is 2. The van der Waals surface area contributed by atoms with Gasteiger partial charge in [0, 0.05) is 23.4 Å². The lowest BCUT2D eigenvalue weighted by atomic mass is 9.68. The minimum Gasteiger partial charge on any atom is -0.365 e. The van der Waals surface area contributed by atoms with Crippen LogP contribution in [0.25, 0.3) is 33.5 Å². The second-order valence-electron chi connectivity index (χ2n) is 9.21. The molecule has 2 bridgehead atoms. The highest BCUT2D eigenvalue weighted by molar-refractivity contribution is 6.29. The van der Waals surface area contributed by atoms with Gasteiger partial charge in [0.1, 0.15) is 16.7 Å². The molecule has 0 aliphatic heterocycles. The maximum Gasteiger partial charge on any atom is 0.174 e. The monoisotopic (exact) mass is 472 g/mol. The highest BCUT2D eigenvalue weighted by atomic mass is 35.5. The molecule has 0 saturated heterocycles. The third-order valence-electron chi connectivity index (χ3n) is 7.29. The number of hydrogen-bond donors (Lipinski definition) is 2. The van der Waals surface area contributed by atoms with E-state index in [0.29, 0.717) is 39.8 Å². The molecule has 4 aromatic rings. The van der Waals surface area contributed by atoms with Crippen molar-refractivity contribution in [2.75, 3.05) is 5.32 Å². The quantitative estimate of drug-likeness (QED) is 0.361. The minimum absolute atomic E-state index is 0.155. The molecule has 3 heterocycles. The first-order chi connectivity index (χ1) is 16.6. The lowest BCUT2D eigenvalue weighted by molar-refractivity contribution is 0.157. The Morgan fingerprint density at radius 1 is 1.12 bits per heavy atom. The molecule has 1 aromatic carbocycles. The summed E-state index contributed by atoms with van der Waals surface area (Å²) >= 11 is 6.11. The number of benzene rings is 1. The average Bonchev–Trinajstić information content (AvgIpc) is 3.29. The first-order valence-electron chi connectivity index (χ1n) is 11.6. The lowest BCUT2D eigenvalue weighted by Gasteiger charge is -2.43. The molecule has 34 heavy (non-hydrogen) atoms. The maximum absolute atomic E-state index is 16.1. The van der Waals surface area contributed by atoms with E-state index in [1.807, 2.05) is 18.2 Å². The molecule has 170 valence electrons. The molecular weight excluding hydrogens is 451 g/mol. The first-order valence-corrected chi connectivity index (χ1v) is 12.0. The van der Waals surface area contributed by atoms with Crippen molar-refractivity contribution in [1.29, 1.82) is 5.26 Å². The predicted molar refractivity (Wildman–Crippen MR) is 130 cm³/mol. The van der Waals surface area contributed by atoms with Gasteiger partial charge in [0.15, 0.2) is 17.3 Å². The number of anilines is 1. The van der Waals surface area contributed by atoms with Crippen molar-refractivity contribution in [2.45, 2.75) is 38.1 Å². The Hall–Kier alpha value is -3.50. The van der Waals surface area contributed by atoms with Gasteiger partial charge in [-0.25, -0.2) is 19.3 Å². The summed E-state index contributed by atoms with van der Waals surface area (Å²) < 4.78 is 16.1. The van der Waals surface area contributed by atoms with Crippen molar-refractivity contribution in [3.63, 3.8) is 0 Å². The van der Waals surface area contributed by atoms with Crippen LogP contribution in [0.1, 0.15) is 37.7 Å². The number of H-pyrrole nitrogens is 1. The first kappa shape index (κ1) is 21.1. The van der Waals surface area contributed by atoms with Crippen molar-refractivity contribution in [1.82, 2.24) is 19.9 Å². The van der Waals surface area contributed by atoms with Crippen LogP contribution in [0, 0.1) is 29.0 Å². The van der Waals surface area contributed by atoms with Crippen molar-refractivity contribution in [3.05, 3.63) is 59.3 Å². The third kappa shape index (κ3) is 3.50. The number of halogens is 2.